The number of rotatable bonds is 2. The van der Waals surface area contributed by atoms with E-state index in [4.69, 9.17) is 28.3 Å². The number of aliphatic hydroxyl groups is 1. The molecule has 0 aliphatic carbocycles. The SMILES string of the molecule is OCc1cc(C(F)F)c(Cl)c(Cl)n1. The Bertz CT molecular complexity index is 320. The normalized spacial score (nSPS) is 10.9. The zero-order chi connectivity index (χ0) is 10.0. The van der Waals surface area contributed by atoms with Gasteiger partial charge in [-0.05, 0) is 6.07 Å². The highest BCUT2D eigenvalue weighted by atomic mass is 35.5. The van der Waals surface area contributed by atoms with Crippen LogP contribution in [0.2, 0.25) is 10.2 Å². The monoisotopic (exact) mass is 227 g/mol. The summed E-state index contributed by atoms with van der Waals surface area (Å²) in [6.45, 7) is -0.448. The molecule has 1 aromatic heterocycles. The molecule has 0 bridgehead atoms. The molecule has 72 valence electrons. The van der Waals surface area contributed by atoms with Crippen molar-refractivity contribution in [3.8, 4) is 0 Å². The number of hydrogen-bond acceptors (Lipinski definition) is 2. The van der Waals surface area contributed by atoms with Gasteiger partial charge in [0.15, 0.2) is 0 Å². The highest BCUT2D eigenvalue weighted by molar-refractivity contribution is 6.41. The van der Waals surface area contributed by atoms with Gasteiger partial charge in [0.05, 0.1) is 17.3 Å². The summed E-state index contributed by atoms with van der Waals surface area (Å²) in [7, 11) is 0. The molecular formula is C7H5Cl2F2NO. The number of pyridine rings is 1. The molecule has 0 saturated heterocycles. The van der Waals surface area contributed by atoms with Crippen LogP contribution in [0.5, 0.6) is 0 Å². The van der Waals surface area contributed by atoms with Crippen LogP contribution in [-0.4, -0.2) is 10.1 Å². The van der Waals surface area contributed by atoms with Crippen LogP contribution in [0.1, 0.15) is 17.7 Å². The molecule has 0 amide bonds. The van der Waals surface area contributed by atoms with Gasteiger partial charge in [-0.3, -0.25) is 0 Å². The molecule has 0 atom stereocenters. The molecule has 2 nitrogen and oxygen atoms in total. The van der Waals surface area contributed by atoms with Gasteiger partial charge in [-0.1, -0.05) is 23.2 Å². The average molecular weight is 228 g/mol. The van der Waals surface area contributed by atoms with E-state index in [0.29, 0.717) is 0 Å². The maximum atomic E-state index is 12.3. The van der Waals surface area contributed by atoms with Gasteiger partial charge >= 0.3 is 0 Å². The lowest BCUT2D eigenvalue weighted by atomic mass is 10.2. The minimum absolute atomic E-state index is 0.0738. The average Bonchev–Trinajstić information content (AvgIpc) is 2.09. The first-order valence-corrected chi connectivity index (χ1v) is 4.05. The zero-order valence-electron chi connectivity index (χ0n) is 6.27. The number of aliphatic hydroxyl groups excluding tert-OH is 1. The van der Waals surface area contributed by atoms with Gasteiger partial charge in [0.2, 0.25) is 0 Å². The van der Waals surface area contributed by atoms with Crippen molar-refractivity contribution in [1.82, 2.24) is 4.98 Å². The van der Waals surface area contributed by atoms with Crippen LogP contribution < -0.4 is 0 Å². The van der Waals surface area contributed by atoms with E-state index in [1.54, 1.807) is 0 Å². The Kier molecular flexibility index (Phi) is 3.41. The summed E-state index contributed by atoms with van der Waals surface area (Å²) < 4.78 is 24.5. The Morgan fingerprint density at radius 1 is 1.46 bits per heavy atom. The van der Waals surface area contributed by atoms with E-state index < -0.39 is 18.6 Å². The summed E-state index contributed by atoms with van der Waals surface area (Å²) in [6, 6.07) is 1.03. The smallest absolute Gasteiger partial charge is 0.265 e. The Morgan fingerprint density at radius 2 is 2.08 bits per heavy atom. The van der Waals surface area contributed by atoms with E-state index in [1.165, 1.54) is 0 Å². The van der Waals surface area contributed by atoms with Crippen LogP contribution in [-0.2, 0) is 6.61 Å². The van der Waals surface area contributed by atoms with Gasteiger partial charge in [-0.2, -0.15) is 0 Å². The fraction of sp³-hybridized carbons (Fsp3) is 0.286. The van der Waals surface area contributed by atoms with Gasteiger partial charge < -0.3 is 5.11 Å². The van der Waals surface area contributed by atoms with Crippen molar-refractivity contribution in [1.29, 1.82) is 0 Å². The Balaban J connectivity index is 3.25. The molecule has 1 rings (SSSR count). The Labute approximate surface area is 83.1 Å². The molecule has 13 heavy (non-hydrogen) atoms. The largest absolute Gasteiger partial charge is 0.390 e. The van der Waals surface area contributed by atoms with Gasteiger partial charge in [0.25, 0.3) is 6.43 Å². The molecule has 0 saturated carbocycles. The second kappa shape index (κ2) is 4.17. The molecule has 0 aliphatic rings. The molecule has 1 heterocycles. The van der Waals surface area contributed by atoms with E-state index in [2.05, 4.69) is 4.98 Å². The van der Waals surface area contributed by atoms with E-state index in [-0.39, 0.29) is 15.9 Å². The molecule has 1 N–H and O–H groups in total. The summed E-state index contributed by atoms with van der Waals surface area (Å²) in [5.74, 6) is 0. The Hall–Kier alpha value is -0.450. The lowest BCUT2D eigenvalue weighted by Crippen LogP contribution is -1.95. The number of nitrogens with zero attached hydrogens (tertiary/aromatic N) is 1. The third kappa shape index (κ3) is 2.27. The summed E-state index contributed by atoms with van der Waals surface area (Å²) in [6.07, 6.45) is -2.72. The fourth-order valence-corrected chi connectivity index (χ4v) is 1.21. The Morgan fingerprint density at radius 3 is 2.54 bits per heavy atom. The quantitative estimate of drug-likeness (QED) is 0.789. The van der Waals surface area contributed by atoms with Crippen LogP contribution in [0.4, 0.5) is 8.78 Å². The van der Waals surface area contributed by atoms with Crippen LogP contribution in [0.25, 0.3) is 0 Å². The molecule has 0 spiro atoms. The second-order valence-corrected chi connectivity index (χ2v) is 3.00. The maximum absolute atomic E-state index is 12.3. The minimum Gasteiger partial charge on any atom is -0.390 e. The van der Waals surface area contributed by atoms with E-state index in [0.717, 1.165) is 6.07 Å². The summed E-state index contributed by atoms with van der Waals surface area (Å²) >= 11 is 10.9. The molecule has 1 aromatic rings. The van der Waals surface area contributed by atoms with Gasteiger partial charge in [0.1, 0.15) is 5.15 Å². The van der Waals surface area contributed by atoms with Crippen LogP contribution >= 0.6 is 23.2 Å². The lowest BCUT2D eigenvalue weighted by molar-refractivity contribution is 0.151. The van der Waals surface area contributed by atoms with Crippen molar-refractivity contribution in [2.45, 2.75) is 13.0 Å². The van der Waals surface area contributed by atoms with E-state index >= 15 is 0 Å². The molecule has 0 aliphatic heterocycles. The van der Waals surface area contributed by atoms with Crippen LogP contribution in [0.3, 0.4) is 0 Å². The second-order valence-electron chi connectivity index (χ2n) is 2.27. The van der Waals surface area contributed by atoms with Crippen LogP contribution in [0, 0.1) is 0 Å². The van der Waals surface area contributed by atoms with Gasteiger partial charge in [-0.15, -0.1) is 0 Å². The van der Waals surface area contributed by atoms with Crippen molar-refractivity contribution in [3.05, 3.63) is 27.5 Å². The molecule has 0 fully saturated rings. The summed E-state index contributed by atoms with van der Waals surface area (Å²) in [4.78, 5) is 3.58. The van der Waals surface area contributed by atoms with Gasteiger partial charge in [-0.25, -0.2) is 13.8 Å². The molecule has 6 heteroatoms. The summed E-state index contributed by atoms with van der Waals surface area (Å²) in [5.41, 5.74) is -0.338. The topological polar surface area (TPSA) is 33.1 Å². The minimum atomic E-state index is -2.72. The summed E-state index contributed by atoms with van der Waals surface area (Å²) in [5, 5.41) is 8.16. The predicted molar refractivity (Wildman–Crippen MR) is 45.1 cm³/mol. The van der Waals surface area contributed by atoms with Crippen molar-refractivity contribution in [2.75, 3.05) is 0 Å². The number of halogens is 4. The predicted octanol–water partition coefficient (Wildman–Crippen LogP) is 2.82. The van der Waals surface area contributed by atoms with Gasteiger partial charge in [0, 0.05) is 5.56 Å². The molecular weight excluding hydrogens is 223 g/mol. The lowest BCUT2D eigenvalue weighted by Gasteiger charge is -2.05. The van der Waals surface area contributed by atoms with E-state index in [1.807, 2.05) is 0 Å². The highest BCUT2D eigenvalue weighted by Crippen LogP contribution is 2.31. The highest BCUT2D eigenvalue weighted by Gasteiger charge is 2.16. The van der Waals surface area contributed by atoms with Crippen molar-refractivity contribution in [2.24, 2.45) is 0 Å². The third-order valence-electron chi connectivity index (χ3n) is 1.40. The number of alkyl halides is 2. The van der Waals surface area contributed by atoms with Crippen molar-refractivity contribution in [3.63, 3.8) is 0 Å². The first kappa shape index (κ1) is 10.6. The number of aromatic nitrogens is 1. The third-order valence-corrected chi connectivity index (χ3v) is 2.16. The molecule has 0 radical (unpaired) electrons. The molecule has 0 aromatic carbocycles. The zero-order valence-corrected chi connectivity index (χ0v) is 7.78. The standard InChI is InChI=1S/C7H5Cl2F2NO/c8-5-4(7(10)11)1-3(2-13)12-6(5)9/h1,7,13H,2H2. The number of hydrogen-bond donors (Lipinski definition) is 1. The van der Waals surface area contributed by atoms with Crippen molar-refractivity contribution >= 4 is 23.2 Å². The van der Waals surface area contributed by atoms with Crippen LogP contribution in [0.15, 0.2) is 6.07 Å². The maximum Gasteiger partial charge on any atom is 0.265 e. The fourth-order valence-electron chi connectivity index (χ4n) is 0.809. The van der Waals surface area contributed by atoms with E-state index in [9.17, 15) is 8.78 Å². The first-order chi connectivity index (χ1) is 6.06. The van der Waals surface area contributed by atoms with Crippen molar-refractivity contribution < 1.29 is 13.9 Å². The molecule has 0 unspecified atom stereocenters. The first-order valence-electron chi connectivity index (χ1n) is 3.30.